The Balaban J connectivity index is 1.28. The summed E-state index contributed by atoms with van der Waals surface area (Å²) < 4.78 is 0. The molecule has 0 saturated heterocycles. The van der Waals surface area contributed by atoms with Gasteiger partial charge in [0.2, 0.25) is 0 Å². The summed E-state index contributed by atoms with van der Waals surface area (Å²) in [5.41, 5.74) is 2.28. The number of benzene rings is 1. The average Bonchev–Trinajstić information content (AvgIpc) is 3.23. The number of allylic oxidation sites excluding steroid dienone is 1. The first-order chi connectivity index (χ1) is 17.7. The lowest BCUT2D eigenvalue weighted by molar-refractivity contribution is -0.152. The fourth-order valence-corrected chi connectivity index (χ4v) is 10.8. The van der Waals surface area contributed by atoms with E-state index in [1.165, 1.54) is 69.8 Å². The highest BCUT2D eigenvalue weighted by molar-refractivity contribution is 5.48. The van der Waals surface area contributed by atoms with Crippen LogP contribution in [-0.2, 0) is 0 Å². The van der Waals surface area contributed by atoms with Crippen molar-refractivity contribution in [2.75, 3.05) is 0 Å². The number of rotatable bonds is 8. The number of hydrogen-bond acceptors (Lipinski definition) is 1. The van der Waals surface area contributed by atoms with E-state index >= 15 is 0 Å². The molecule has 37 heavy (non-hydrogen) atoms. The molecule has 0 heterocycles. The van der Waals surface area contributed by atoms with Gasteiger partial charge >= 0.3 is 0 Å². The molecule has 0 spiro atoms. The van der Waals surface area contributed by atoms with Crippen molar-refractivity contribution >= 4 is 6.08 Å². The molecular weight excluding hydrogens is 448 g/mol. The highest BCUT2D eigenvalue weighted by Crippen LogP contribution is 2.69. The van der Waals surface area contributed by atoms with Crippen LogP contribution in [0.1, 0.15) is 117 Å². The monoisotopic (exact) mass is 504 g/mol. The second kappa shape index (κ2) is 11.2. The standard InChI is InChI=1S/C36H56O/c1-25(2)11-9-12-26(3)30-19-20-31-28-17-18-32-29(16-10-15-27-13-7-6-8-14-27)34(37)22-24-36(32,5)33(28)21-23-35(30,31)4/h6-8,10,13-15,25-26,28-34,37H,9,11-12,16-24H2,1-5H3/b15-10+/t26-,28+,29+,30-,31+,32?,33+,34-,35-,36+/m1/s1. The molecule has 5 rings (SSSR count). The van der Waals surface area contributed by atoms with Crippen molar-refractivity contribution in [1.82, 2.24) is 0 Å². The van der Waals surface area contributed by atoms with Crippen LogP contribution in [0.15, 0.2) is 36.4 Å². The Hall–Kier alpha value is -1.08. The van der Waals surface area contributed by atoms with Gasteiger partial charge in [-0.2, -0.15) is 0 Å². The maximum atomic E-state index is 11.2. The topological polar surface area (TPSA) is 20.2 Å². The molecule has 1 N–H and O–H groups in total. The quantitative estimate of drug-likeness (QED) is 0.373. The molecule has 0 radical (unpaired) electrons. The second-order valence-electron chi connectivity index (χ2n) is 14.9. The molecule has 1 nitrogen and oxygen atoms in total. The first-order valence-corrected chi connectivity index (χ1v) is 16.1. The van der Waals surface area contributed by atoms with Crippen molar-refractivity contribution < 1.29 is 5.11 Å². The van der Waals surface area contributed by atoms with E-state index in [9.17, 15) is 5.11 Å². The second-order valence-corrected chi connectivity index (χ2v) is 14.9. The molecule has 0 bridgehead atoms. The van der Waals surface area contributed by atoms with Crippen LogP contribution in [0, 0.1) is 58.2 Å². The summed E-state index contributed by atoms with van der Waals surface area (Å²) in [5.74, 6) is 6.57. The molecule has 1 heteroatoms. The van der Waals surface area contributed by atoms with Gasteiger partial charge in [0.25, 0.3) is 0 Å². The van der Waals surface area contributed by atoms with Crippen LogP contribution >= 0.6 is 0 Å². The van der Waals surface area contributed by atoms with E-state index in [-0.39, 0.29) is 6.10 Å². The summed E-state index contributed by atoms with van der Waals surface area (Å²) >= 11 is 0. The average molecular weight is 505 g/mol. The van der Waals surface area contributed by atoms with Crippen molar-refractivity contribution in [3.63, 3.8) is 0 Å². The van der Waals surface area contributed by atoms with Crippen molar-refractivity contribution in [2.45, 2.75) is 118 Å². The van der Waals surface area contributed by atoms with Gasteiger partial charge in [0.15, 0.2) is 0 Å². The summed E-state index contributed by atoms with van der Waals surface area (Å²) in [4.78, 5) is 0. The third-order valence-electron chi connectivity index (χ3n) is 12.7. The molecule has 206 valence electrons. The van der Waals surface area contributed by atoms with Crippen LogP contribution in [0.3, 0.4) is 0 Å². The smallest absolute Gasteiger partial charge is 0.0574 e. The lowest BCUT2D eigenvalue weighted by Crippen LogP contribution is -2.56. The van der Waals surface area contributed by atoms with Crippen molar-refractivity contribution in [3.8, 4) is 0 Å². The fraction of sp³-hybridized carbons (Fsp3) is 0.778. The molecule has 0 amide bonds. The Morgan fingerprint density at radius 2 is 1.54 bits per heavy atom. The molecule has 1 unspecified atom stereocenters. The molecule has 4 aliphatic rings. The van der Waals surface area contributed by atoms with E-state index < -0.39 is 0 Å². The number of aliphatic hydroxyl groups is 1. The van der Waals surface area contributed by atoms with E-state index in [1.54, 1.807) is 0 Å². The summed E-state index contributed by atoms with van der Waals surface area (Å²) in [6.45, 7) is 12.7. The van der Waals surface area contributed by atoms with Crippen molar-refractivity contribution in [1.29, 1.82) is 0 Å². The largest absolute Gasteiger partial charge is 0.393 e. The predicted octanol–water partition coefficient (Wildman–Crippen LogP) is 9.80. The van der Waals surface area contributed by atoms with Gasteiger partial charge in [0, 0.05) is 0 Å². The number of fused-ring (bicyclic) bond motifs is 5. The minimum Gasteiger partial charge on any atom is -0.393 e. The summed E-state index contributed by atoms with van der Waals surface area (Å²) in [6, 6.07) is 10.7. The third kappa shape index (κ3) is 5.25. The third-order valence-corrected chi connectivity index (χ3v) is 12.7. The van der Waals surface area contributed by atoms with Gasteiger partial charge in [-0.15, -0.1) is 0 Å². The SMILES string of the molecule is CC(C)CCC[C@@H](C)[C@H]1CC[C@H]2[C@@H]3CCC4[C@H](C/C=C/c5ccccc5)[C@H](O)CC[C@]4(C)[C@H]3CC[C@]12C. The summed E-state index contributed by atoms with van der Waals surface area (Å²) in [6.07, 6.45) is 20.7. The predicted molar refractivity (Wildman–Crippen MR) is 158 cm³/mol. The van der Waals surface area contributed by atoms with Crippen molar-refractivity contribution in [3.05, 3.63) is 42.0 Å². The van der Waals surface area contributed by atoms with E-state index in [4.69, 9.17) is 0 Å². The van der Waals surface area contributed by atoms with Gasteiger partial charge in [-0.25, -0.2) is 0 Å². The molecule has 4 aliphatic carbocycles. The highest BCUT2D eigenvalue weighted by atomic mass is 16.3. The van der Waals surface area contributed by atoms with Crippen LogP contribution < -0.4 is 0 Å². The van der Waals surface area contributed by atoms with E-state index in [0.717, 1.165) is 48.3 Å². The van der Waals surface area contributed by atoms with Gasteiger partial charge in [-0.3, -0.25) is 0 Å². The Bertz CT molecular complexity index is 903. The molecule has 4 fully saturated rings. The highest BCUT2D eigenvalue weighted by Gasteiger charge is 2.61. The van der Waals surface area contributed by atoms with E-state index in [1.807, 2.05) is 0 Å². The summed E-state index contributed by atoms with van der Waals surface area (Å²) in [5, 5.41) is 11.2. The molecular formula is C36H56O. The molecule has 1 aromatic rings. The summed E-state index contributed by atoms with van der Waals surface area (Å²) in [7, 11) is 0. The number of hydrogen-bond donors (Lipinski definition) is 1. The van der Waals surface area contributed by atoms with Gasteiger partial charge in [-0.1, -0.05) is 96.4 Å². The lowest BCUT2D eigenvalue weighted by Gasteiger charge is -2.62. The Morgan fingerprint density at radius 1 is 0.838 bits per heavy atom. The van der Waals surface area contributed by atoms with Gasteiger partial charge < -0.3 is 5.11 Å². The van der Waals surface area contributed by atoms with Crippen LogP contribution in [0.25, 0.3) is 6.08 Å². The fourth-order valence-electron chi connectivity index (χ4n) is 10.8. The van der Waals surface area contributed by atoms with E-state index in [2.05, 4.69) is 77.1 Å². The first kappa shape index (κ1) is 27.5. The van der Waals surface area contributed by atoms with Gasteiger partial charge in [-0.05, 0) is 122 Å². The van der Waals surface area contributed by atoms with E-state index in [0.29, 0.717) is 22.7 Å². The Morgan fingerprint density at radius 3 is 2.30 bits per heavy atom. The van der Waals surface area contributed by atoms with Crippen molar-refractivity contribution in [2.24, 2.45) is 58.2 Å². The minimum absolute atomic E-state index is 0.119. The maximum absolute atomic E-state index is 11.2. The number of aliphatic hydroxyl groups excluding tert-OH is 1. The lowest BCUT2D eigenvalue weighted by atomic mass is 9.43. The van der Waals surface area contributed by atoms with Gasteiger partial charge in [0.05, 0.1) is 6.10 Å². The zero-order chi connectivity index (χ0) is 26.2. The Kier molecular flexibility index (Phi) is 8.31. The normalized spacial score (nSPS) is 42.4. The van der Waals surface area contributed by atoms with Crippen LogP contribution in [-0.4, -0.2) is 11.2 Å². The maximum Gasteiger partial charge on any atom is 0.0574 e. The molecule has 0 aliphatic heterocycles. The molecule has 4 saturated carbocycles. The minimum atomic E-state index is -0.119. The van der Waals surface area contributed by atoms with Crippen LogP contribution in [0.5, 0.6) is 0 Å². The zero-order valence-corrected chi connectivity index (χ0v) is 24.7. The molecule has 1 aromatic carbocycles. The molecule has 10 atom stereocenters. The van der Waals surface area contributed by atoms with Crippen LogP contribution in [0.4, 0.5) is 0 Å². The van der Waals surface area contributed by atoms with Crippen LogP contribution in [0.2, 0.25) is 0 Å². The van der Waals surface area contributed by atoms with Gasteiger partial charge in [0.1, 0.15) is 0 Å². The molecule has 0 aromatic heterocycles. The zero-order valence-electron chi connectivity index (χ0n) is 24.7. The Labute approximate surface area is 228 Å². The first-order valence-electron chi connectivity index (χ1n) is 16.1.